The minimum Gasteiger partial charge on any atom is -0.424 e. The molecule has 0 spiro atoms. The highest BCUT2D eigenvalue weighted by Gasteiger charge is 2.16. The van der Waals surface area contributed by atoms with Crippen LogP contribution in [0.3, 0.4) is 0 Å². The minimum absolute atomic E-state index is 0.155. The predicted octanol–water partition coefficient (Wildman–Crippen LogP) is 4.88. The quantitative estimate of drug-likeness (QED) is 0.726. The van der Waals surface area contributed by atoms with Crippen molar-refractivity contribution < 1.29 is 4.42 Å². The van der Waals surface area contributed by atoms with Crippen LogP contribution < -0.4 is 0 Å². The van der Waals surface area contributed by atoms with Gasteiger partial charge in [0.2, 0.25) is 11.8 Å². The Labute approximate surface area is 126 Å². The molecule has 0 N–H and O–H groups in total. The molecule has 0 radical (unpaired) electrons. The Hall–Kier alpha value is -0.810. The monoisotopic (exact) mass is 340 g/mol. The molecule has 0 saturated carbocycles. The predicted molar refractivity (Wildman–Crippen MR) is 81.3 cm³/mol. The summed E-state index contributed by atoms with van der Waals surface area (Å²) in [5.41, 5.74) is 0. The highest BCUT2D eigenvalue weighted by atomic mass is 79.9. The van der Waals surface area contributed by atoms with E-state index in [9.17, 15) is 0 Å². The van der Waals surface area contributed by atoms with E-state index in [4.69, 9.17) is 4.42 Å². The zero-order valence-corrected chi connectivity index (χ0v) is 13.7. The third-order valence-electron chi connectivity index (χ3n) is 2.52. The molecule has 0 aliphatic heterocycles. The summed E-state index contributed by atoms with van der Waals surface area (Å²) < 4.78 is 6.78. The second-order valence-corrected chi connectivity index (χ2v) is 7.18. The van der Waals surface area contributed by atoms with Crippen molar-refractivity contribution >= 4 is 27.7 Å². The van der Waals surface area contributed by atoms with Crippen LogP contribution in [0.2, 0.25) is 0 Å². The van der Waals surface area contributed by atoms with Gasteiger partial charge in [-0.1, -0.05) is 35.8 Å². The largest absolute Gasteiger partial charge is 0.424 e. The van der Waals surface area contributed by atoms with Gasteiger partial charge in [0.05, 0.1) is 5.25 Å². The van der Waals surface area contributed by atoms with Crippen LogP contribution in [0.25, 0.3) is 0 Å². The number of hydrogen-bond donors (Lipinski definition) is 0. The number of aromatic nitrogens is 2. The average molecular weight is 341 g/mol. The lowest BCUT2D eigenvalue weighted by Gasteiger charge is -2.06. The molecule has 2 rings (SSSR count). The fourth-order valence-electron chi connectivity index (χ4n) is 1.66. The summed E-state index contributed by atoms with van der Waals surface area (Å²) >= 11 is 5.19. The van der Waals surface area contributed by atoms with E-state index in [2.05, 4.69) is 59.0 Å². The fraction of sp³-hybridized carbons (Fsp3) is 0.429. The lowest BCUT2D eigenvalue weighted by Crippen LogP contribution is -1.93. The summed E-state index contributed by atoms with van der Waals surface area (Å²) in [6, 6.07) is 8.21. The number of hydrogen-bond acceptors (Lipinski definition) is 4. The summed E-state index contributed by atoms with van der Waals surface area (Å²) in [6.07, 6.45) is 0.835. The topological polar surface area (TPSA) is 38.9 Å². The summed E-state index contributed by atoms with van der Waals surface area (Å²) in [5, 5.41) is 8.39. The average Bonchev–Trinajstić information content (AvgIpc) is 2.76. The molecule has 1 atom stereocenters. The van der Waals surface area contributed by atoms with Gasteiger partial charge in [-0.2, -0.15) is 0 Å². The second-order valence-electron chi connectivity index (χ2n) is 4.85. The zero-order chi connectivity index (χ0) is 13.8. The van der Waals surface area contributed by atoms with Gasteiger partial charge >= 0.3 is 0 Å². The van der Waals surface area contributed by atoms with E-state index in [0.29, 0.717) is 11.8 Å². The molecule has 0 saturated heterocycles. The van der Waals surface area contributed by atoms with Gasteiger partial charge in [-0.3, -0.25) is 0 Å². The molecule has 1 aromatic heterocycles. The Morgan fingerprint density at radius 2 is 2.05 bits per heavy atom. The van der Waals surface area contributed by atoms with Crippen molar-refractivity contribution in [2.75, 3.05) is 0 Å². The normalized spacial score (nSPS) is 12.9. The molecule has 1 aromatic carbocycles. The lowest BCUT2D eigenvalue weighted by molar-refractivity contribution is 0.426. The van der Waals surface area contributed by atoms with Crippen LogP contribution in [-0.4, -0.2) is 10.2 Å². The van der Waals surface area contributed by atoms with E-state index < -0.39 is 0 Å². The van der Waals surface area contributed by atoms with E-state index in [1.54, 1.807) is 11.8 Å². The first-order chi connectivity index (χ1) is 9.04. The number of rotatable bonds is 5. The second kappa shape index (κ2) is 6.57. The van der Waals surface area contributed by atoms with E-state index in [1.807, 2.05) is 12.1 Å². The first-order valence-corrected chi connectivity index (χ1v) is 7.96. The molecule has 0 unspecified atom stereocenters. The molecule has 0 aliphatic carbocycles. The van der Waals surface area contributed by atoms with Gasteiger partial charge in [0, 0.05) is 15.8 Å². The van der Waals surface area contributed by atoms with Gasteiger partial charge in [-0.05, 0) is 31.0 Å². The lowest BCUT2D eigenvalue weighted by atomic mass is 10.1. The van der Waals surface area contributed by atoms with Gasteiger partial charge in [-0.25, -0.2) is 0 Å². The molecule has 0 bridgehead atoms. The number of nitrogens with zero attached hydrogens (tertiary/aromatic N) is 2. The molecule has 0 amide bonds. The van der Waals surface area contributed by atoms with E-state index in [1.165, 1.54) is 4.90 Å². The SMILES string of the molecule is CC(C)Cc1nnc([C@@H](C)Sc2cccc(Br)c2)o1. The first kappa shape index (κ1) is 14.6. The zero-order valence-electron chi connectivity index (χ0n) is 11.3. The standard InChI is InChI=1S/C14H17BrN2OS/c1-9(2)7-13-16-17-14(18-13)10(3)19-12-6-4-5-11(15)8-12/h4-6,8-10H,7H2,1-3H3/t10-/m1/s1. The van der Waals surface area contributed by atoms with Crippen molar-refractivity contribution in [3.05, 3.63) is 40.5 Å². The molecule has 2 aromatic rings. The van der Waals surface area contributed by atoms with Gasteiger partial charge in [-0.15, -0.1) is 22.0 Å². The molecular weight excluding hydrogens is 324 g/mol. The Balaban J connectivity index is 2.03. The van der Waals surface area contributed by atoms with Crippen LogP contribution in [0.5, 0.6) is 0 Å². The van der Waals surface area contributed by atoms with Crippen molar-refractivity contribution in [3.8, 4) is 0 Å². The highest BCUT2D eigenvalue weighted by molar-refractivity contribution is 9.10. The first-order valence-electron chi connectivity index (χ1n) is 6.29. The van der Waals surface area contributed by atoms with Crippen LogP contribution in [0.4, 0.5) is 0 Å². The van der Waals surface area contributed by atoms with Crippen molar-refractivity contribution in [2.45, 2.75) is 37.3 Å². The smallest absolute Gasteiger partial charge is 0.229 e. The van der Waals surface area contributed by atoms with Gasteiger partial charge in [0.25, 0.3) is 0 Å². The molecule has 0 aliphatic rings. The third kappa shape index (κ3) is 4.35. The van der Waals surface area contributed by atoms with E-state index in [0.717, 1.165) is 16.8 Å². The molecule has 19 heavy (non-hydrogen) atoms. The van der Waals surface area contributed by atoms with Crippen LogP contribution in [0, 0.1) is 5.92 Å². The summed E-state index contributed by atoms with van der Waals surface area (Å²) in [7, 11) is 0. The maximum absolute atomic E-state index is 5.70. The van der Waals surface area contributed by atoms with E-state index >= 15 is 0 Å². The number of benzene rings is 1. The van der Waals surface area contributed by atoms with E-state index in [-0.39, 0.29) is 5.25 Å². The molecule has 1 heterocycles. The Bertz CT molecular complexity index is 542. The Morgan fingerprint density at radius 1 is 1.26 bits per heavy atom. The van der Waals surface area contributed by atoms with Crippen LogP contribution in [0.1, 0.15) is 37.8 Å². The maximum atomic E-state index is 5.70. The fourth-order valence-corrected chi connectivity index (χ4v) is 3.16. The number of thioether (sulfide) groups is 1. The minimum atomic E-state index is 0.155. The van der Waals surface area contributed by atoms with Crippen molar-refractivity contribution in [1.82, 2.24) is 10.2 Å². The van der Waals surface area contributed by atoms with Gasteiger partial charge in [0.1, 0.15) is 0 Å². The highest BCUT2D eigenvalue weighted by Crippen LogP contribution is 2.35. The van der Waals surface area contributed by atoms with Gasteiger partial charge < -0.3 is 4.42 Å². The third-order valence-corrected chi connectivity index (χ3v) is 4.10. The summed E-state index contributed by atoms with van der Waals surface area (Å²) in [6.45, 7) is 6.37. The molecule has 3 nitrogen and oxygen atoms in total. The summed E-state index contributed by atoms with van der Waals surface area (Å²) in [4.78, 5) is 1.19. The molecule has 102 valence electrons. The Morgan fingerprint density at radius 3 is 2.74 bits per heavy atom. The molecular formula is C14H17BrN2OS. The van der Waals surface area contributed by atoms with Gasteiger partial charge in [0.15, 0.2) is 0 Å². The molecule has 5 heteroatoms. The van der Waals surface area contributed by atoms with Crippen molar-refractivity contribution in [1.29, 1.82) is 0 Å². The van der Waals surface area contributed by atoms with Crippen LogP contribution in [0.15, 0.2) is 38.1 Å². The molecule has 0 fully saturated rings. The van der Waals surface area contributed by atoms with Crippen LogP contribution >= 0.6 is 27.7 Å². The maximum Gasteiger partial charge on any atom is 0.229 e. The van der Waals surface area contributed by atoms with Crippen molar-refractivity contribution in [2.24, 2.45) is 5.92 Å². The van der Waals surface area contributed by atoms with Crippen molar-refractivity contribution in [3.63, 3.8) is 0 Å². The van der Waals surface area contributed by atoms with Crippen LogP contribution in [-0.2, 0) is 6.42 Å². The summed E-state index contributed by atoms with van der Waals surface area (Å²) in [5.74, 6) is 1.95. The number of halogens is 1. The Kier molecular flexibility index (Phi) is 5.05.